The molecular weight excluding hydrogens is 444 g/mol. The second kappa shape index (κ2) is 9.32. The van der Waals surface area contributed by atoms with Gasteiger partial charge in [-0.2, -0.15) is 9.40 Å². The number of carbonyl (C=O) groups is 1. The molecule has 33 heavy (non-hydrogen) atoms. The zero-order valence-electron chi connectivity index (χ0n) is 19.6. The van der Waals surface area contributed by atoms with E-state index in [1.54, 1.807) is 36.1 Å². The topological polar surface area (TPSA) is 102 Å². The van der Waals surface area contributed by atoms with E-state index in [2.05, 4.69) is 15.3 Å². The standard InChI is InChI=1S/C22H31N6O4S/c1-5-9-28-18-15-26(4)24-20(18)22(29)23-21(28)17-14-16(7-8-19(17)32-6-2)33(30,31)27-12-10-25(3)11-13-27/h7-8,14-15,21H,5-6,9-13H2,1-4H3. The summed E-state index contributed by atoms with van der Waals surface area (Å²) in [5.41, 5.74) is 1.56. The summed E-state index contributed by atoms with van der Waals surface area (Å²) in [6.45, 7) is 7.19. The lowest BCUT2D eigenvalue weighted by molar-refractivity contribution is 0.0914. The molecule has 1 aromatic carbocycles. The molecule has 2 aliphatic heterocycles. The van der Waals surface area contributed by atoms with E-state index in [4.69, 9.17) is 4.74 Å². The highest BCUT2D eigenvalue weighted by Crippen LogP contribution is 2.38. The summed E-state index contributed by atoms with van der Waals surface area (Å²) in [6, 6.07) is 4.86. The maximum atomic E-state index is 13.4. The van der Waals surface area contributed by atoms with Crippen LogP contribution in [0.25, 0.3) is 0 Å². The SMILES string of the molecule is CCCN1c2cn(C)nc2C(=O)[N]C1c1cc(S(=O)(=O)N2CCN(C)CC2)ccc1OCC. The van der Waals surface area contributed by atoms with Crippen LogP contribution in [0.2, 0.25) is 0 Å². The van der Waals surface area contributed by atoms with Gasteiger partial charge in [0.15, 0.2) is 11.9 Å². The van der Waals surface area contributed by atoms with Crippen LogP contribution in [0.4, 0.5) is 5.69 Å². The molecule has 0 aliphatic carbocycles. The Bertz CT molecular complexity index is 1120. The van der Waals surface area contributed by atoms with Crippen LogP contribution in [0.15, 0.2) is 29.3 Å². The van der Waals surface area contributed by atoms with Crippen LogP contribution in [0.5, 0.6) is 5.75 Å². The summed E-state index contributed by atoms with van der Waals surface area (Å²) >= 11 is 0. The molecule has 0 N–H and O–H groups in total. The molecule has 3 heterocycles. The quantitative estimate of drug-likeness (QED) is 0.597. The van der Waals surface area contributed by atoms with Gasteiger partial charge < -0.3 is 14.5 Å². The molecule has 1 amide bonds. The number of fused-ring (bicyclic) bond motifs is 1. The summed E-state index contributed by atoms with van der Waals surface area (Å²) in [6.07, 6.45) is 1.92. The number of aromatic nitrogens is 2. The number of anilines is 1. The van der Waals surface area contributed by atoms with E-state index < -0.39 is 22.1 Å². The van der Waals surface area contributed by atoms with E-state index in [9.17, 15) is 13.2 Å². The fraction of sp³-hybridized carbons (Fsp3) is 0.545. The molecule has 11 heteroatoms. The van der Waals surface area contributed by atoms with E-state index in [1.807, 2.05) is 25.8 Å². The lowest BCUT2D eigenvalue weighted by Crippen LogP contribution is -2.47. The van der Waals surface area contributed by atoms with Crippen LogP contribution in [-0.4, -0.2) is 79.7 Å². The maximum absolute atomic E-state index is 13.4. The van der Waals surface area contributed by atoms with Crippen molar-refractivity contribution in [3.63, 3.8) is 0 Å². The molecular formula is C22H31N6O4S. The summed E-state index contributed by atoms with van der Waals surface area (Å²) < 4.78 is 35.8. The molecule has 0 saturated carbocycles. The average Bonchev–Trinajstić information content (AvgIpc) is 3.18. The van der Waals surface area contributed by atoms with Gasteiger partial charge in [-0.3, -0.25) is 9.48 Å². The summed E-state index contributed by atoms with van der Waals surface area (Å²) in [7, 11) is 0.0567. The van der Waals surface area contributed by atoms with Crippen molar-refractivity contribution < 1.29 is 17.9 Å². The first-order chi connectivity index (χ1) is 15.8. The Morgan fingerprint density at radius 3 is 2.52 bits per heavy atom. The smallest absolute Gasteiger partial charge is 0.297 e. The number of likely N-dealkylation sites (N-methyl/N-ethyl adjacent to an activating group) is 1. The van der Waals surface area contributed by atoms with Crippen molar-refractivity contribution in [1.82, 2.24) is 24.3 Å². The Balaban J connectivity index is 1.78. The lowest BCUT2D eigenvalue weighted by Gasteiger charge is -2.36. The molecule has 1 aromatic heterocycles. The van der Waals surface area contributed by atoms with Gasteiger partial charge in [-0.25, -0.2) is 13.7 Å². The monoisotopic (exact) mass is 475 g/mol. The number of hydrogen-bond donors (Lipinski definition) is 0. The minimum absolute atomic E-state index is 0.182. The Morgan fingerprint density at radius 2 is 1.85 bits per heavy atom. The van der Waals surface area contributed by atoms with E-state index in [0.717, 1.165) is 6.42 Å². The first kappa shape index (κ1) is 23.5. The van der Waals surface area contributed by atoms with Crippen molar-refractivity contribution in [3.8, 4) is 5.75 Å². The fourth-order valence-electron chi connectivity index (χ4n) is 4.29. The van der Waals surface area contributed by atoms with Gasteiger partial charge in [0.05, 0.1) is 17.2 Å². The van der Waals surface area contributed by atoms with Crippen LogP contribution >= 0.6 is 0 Å². The Labute approximate surface area is 195 Å². The summed E-state index contributed by atoms with van der Waals surface area (Å²) in [5, 5.41) is 8.68. The molecule has 2 aromatic rings. The first-order valence-electron chi connectivity index (χ1n) is 11.3. The second-order valence-electron chi connectivity index (χ2n) is 8.38. The number of aryl methyl sites for hydroxylation is 1. The van der Waals surface area contributed by atoms with Crippen LogP contribution < -0.4 is 15.0 Å². The third kappa shape index (κ3) is 4.44. The van der Waals surface area contributed by atoms with Crippen LogP contribution in [0.1, 0.15) is 42.5 Å². The molecule has 2 aliphatic rings. The Morgan fingerprint density at radius 1 is 1.12 bits per heavy atom. The minimum atomic E-state index is -3.69. The van der Waals surface area contributed by atoms with Gasteiger partial charge in [0.2, 0.25) is 10.0 Å². The van der Waals surface area contributed by atoms with Gasteiger partial charge >= 0.3 is 0 Å². The fourth-order valence-corrected chi connectivity index (χ4v) is 5.74. The number of amides is 1. The number of benzene rings is 1. The van der Waals surface area contributed by atoms with Crippen molar-refractivity contribution in [2.24, 2.45) is 7.05 Å². The number of piperazine rings is 1. The third-order valence-electron chi connectivity index (χ3n) is 5.98. The number of sulfonamides is 1. The molecule has 1 saturated heterocycles. The van der Waals surface area contributed by atoms with Gasteiger partial charge in [-0.1, -0.05) is 6.92 Å². The van der Waals surface area contributed by atoms with Gasteiger partial charge in [0.25, 0.3) is 5.91 Å². The normalized spacial score (nSPS) is 19.9. The van der Waals surface area contributed by atoms with Gasteiger partial charge in [0.1, 0.15) is 5.75 Å². The molecule has 0 spiro atoms. The predicted octanol–water partition coefficient (Wildman–Crippen LogP) is 1.43. The van der Waals surface area contributed by atoms with E-state index in [-0.39, 0.29) is 4.90 Å². The number of nitrogens with zero attached hydrogens (tertiary/aromatic N) is 6. The van der Waals surface area contributed by atoms with Crippen molar-refractivity contribution in [1.29, 1.82) is 0 Å². The van der Waals surface area contributed by atoms with Crippen LogP contribution in [-0.2, 0) is 17.1 Å². The first-order valence-corrected chi connectivity index (χ1v) is 12.7. The van der Waals surface area contributed by atoms with Crippen LogP contribution in [0.3, 0.4) is 0 Å². The molecule has 0 bridgehead atoms. The summed E-state index contributed by atoms with van der Waals surface area (Å²) in [4.78, 5) is 17.1. The van der Waals surface area contributed by atoms with E-state index >= 15 is 0 Å². The van der Waals surface area contributed by atoms with Gasteiger partial charge in [0, 0.05) is 51.5 Å². The van der Waals surface area contributed by atoms with E-state index in [1.165, 1.54) is 4.31 Å². The number of ether oxygens (including phenoxy) is 1. The molecule has 1 atom stereocenters. The number of carbonyl (C=O) groups excluding carboxylic acids is 1. The summed E-state index contributed by atoms with van der Waals surface area (Å²) in [5.74, 6) is 0.0996. The van der Waals surface area contributed by atoms with Crippen LogP contribution in [0, 0.1) is 0 Å². The Hall–Kier alpha value is -2.63. The van der Waals surface area contributed by atoms with Crippen molar-refractivity contribution >= 4 is 21.6 Å². The minimum Gasteiger partial charge on any atom is -0.493 e. The van der Waals surface area contributed by atoms with Crippen molar-refractivity contribution in [2.45, 2.75) is 31.3 Å². The second-order valence-corrected chi connectivity index (χ2v) is 10.3. The molecule has 1 radical (unpaired) electrons. The third-order valence-corrected chi connectivity index (χ3v) is 7.87. The highest BCUT2D eigenvalue weighted by molar-refractivity contribution is 7.89. The number of hydrogen-bond acceptors (Lipinski definition) is 7. The maximum Gasteiger partial charge on any atom is 0.297 e. The largest absolute Gasteiger partial charge is 0.493 e. The molecule has 1 unspecified atom stereocenters. The lowest BCUT2D eigenvalue weighted by atomic mass is 10.1. The molecule has 10 nitrogen and oxygen atoms in total. The molecule has 179 valence electrons. The number of rotatable bonds is 7. The Kier molecular flexibility index (Phi) is 6.64. The van der Waals surface area contributed by atoms with Gasteiger partial charge in [-0.05, 0) is 38.6 Å². The van der Waals surface area contributed by atoms with Gasteiger partial charge in [-0.15, -0.1) is 0 Å². The zero-order valence-corrected chi connectivity index (χ0v) is 20.4. The molecule has 4 rings (SSSR count). The average molecular weight is 476 g/mol. The highest BCUT2D eigenvalue weighted by Gasteiger charge is 2.38. The van der Waals surface area contributed by atoms with Crippen molar-refractivity contribution in [2.75, 3.05) is 51.3 Å². The van der Waals surface area contributed by atoms with E-state index in [0.29, 0.717) is 62.0 Å². The van der Waals surface area contributed by atoms with Crippen molar-refractivity contribution in [3.05, 3.63) is 35.7 Å². The molecule has 1 fully saturated rings. The highest BCUT2D eigenvalue weighted by atomic mass is 32.2. The zero-order chi connectivity index (χ0) is 23.8. The predicted molar refractivity (Wildman–Crippen MR) is 124 cm³/mol.